The summed E-state index contributed by atoms with van der Waals surface area (Å²) in [5.74, 6) is 0.157. The fourth-order valence-electron chi connectivity index (χ4n) is 0.683. The molecule has 6 heteroatoms. The highest BCUT2D eigenvalue weighted by molar-refractivity contribution is 7.90. The van der Waals surface area contributed by atoms with Gasteiger partial charge in [-0.1, -0.05) is 6.92 Å². The molecule has 4 nitrogen and oxygen atoms in total. The molecular weight excluding hydrogens is 196 g/mol. The van der Waals surface area contributed by atoms with Gasteiger partial charge in [-0.05, 0) is 11.5 Å². The molecule has 68 valence electrons. The topological polar surface area (TPSA) is 73.0 Å². The van der Waals surface area contributed by atoms with Crippen molar-refractivity contribution in [1.29, 1.82) is 0 Å². The number of nitrogens with zero attached hydrogens (tertiary/aromatic N) is 1. The average molecular weight is 206 g/mol. The summed E-state index contributed by atoms with van der Waals surface area (Å²) in [5.41, 5.74) is 5.96. The van der Waals surface area contributed by atoms with Crippen LogP contribution in [0.5, 0.6) is 0 Å². The summed E-state index contributed by atoms with van der Waals surface area (Å²) in [4.78, 5) is 0.636. The molecule has 0 atom stereocenters. The molecule has 1 aromatic rings. The van der Waals surface area contributed by atoms with Gasteiger partial charge in [0.15, 0.2) is 9.84 Å². The van der Waals surface area contributed by atoms with E-state index in [0.29, 0.717) is 10.6 Å². The molecule has 0 aliphatic carbocycles. The van der Waals surface area contributed by atoms with Crippen molar-refractivity contribution in [2.45, 2.75) is 12.7 Å². The van der Waals surface area contributed by atoms with Crippen molar-refractivity contribution in [2.24, 2.45) is 0 Å². The minimum absolute atomic E-state index is 0.0139. The van der Waals surface area contributed by atoms with Crippen molar-refractivity contribution >= 4 is 27.1 Å². The van der Waals surface area contributed by atoms with Crippen molar-refractivity contribution in [3.8, 4) is 0 Å². The monoisotopic (exact) mass is 206 g/mol. The Hall–Kier alpha value is -0.620. The van der Waals surface area contributed by atoms with Gasteiger partial charge in [-0.2, -0.15) is 4.37 Å². The summed E-state index contributed by atoms with van der Waals surface area (Å²) in [6, 6.07) is 0. The van der Waals surface area contributed by atoms with E-state index in [9.17, 15) is 8.42 Å². The van der Waals surface area contributed by atoms with Crippen LogP contribution in [0.25, 0.3) is 0 Å². The third kappa shape index (κ3) is 2.18. The minimum Gasteiger partial charge on any atom is -0.396 e. The maximum Gasteiger partial charge on any atom is 0.155 e. The van der Waals surface area contributed by atoms with Crippen LogP contribution in [0.4, 0.5) is 5.69 Å². The average Bonchev–Trinajstić information content (AvgIpc) is 2.36. The number of nitrogen functional groups attached to an aromatic ring is 1. The molecule has 0 spiro atoms. The van der Waals surface area contributed by atoms with Crippen molar-refractivity contribution < 1.29 is 8.42 Å². The second-order valence-electron chi connectivity index (χ2n) is 2.38. The summed E-state index contributed by atoms with van der Waals surface area (Å²) >= 11 is 1.14. The predicted octanol–water partition coefficient (Wildman–Crippen LogP) is 0.660. The first-order valence-corrected chi connectivity index (χ1v) is 6.04. The number of aromatic nitrogens is 1. The van der Waals surface area contributed by atoms with E-state index in [1.165, 1.54) is 6.20 Å². The van der Waals surface area contributed by atoms with Crippen LogP contribution in [-0.2, 0) is 15.6 Å². The summed E-state index contributed by atoms with van der Waals surface area (Å²) < 4.78 is 26.1. The van der Waals surface area contributed by atoms with Crippen molar-refractivity contribution in [2.75, 3.05) is 11.5 Å². The standard InChI is InChI=1S/C6H10N2O2S2/c1-2-12(9,10)4-6-5(7)3-8-11-6/h3H,2,4,7H2,1H3. The van der Waals surface area contributed by atoms with Crippen LogP contribution in [-0.4, -0.2) is 18.5 Å². The highest BCUT2D eigenvalue weighted by Gasteiger charge is 2.12. The number of anilines is 1. The van der Waals surface area contributed by atoms with E-state index >= 15 is 0 Å². The normalized spacial score (nSPS) is 11.8. The van der Waals surface area contributed by atoms with Gasteiger partial charge in [-0.25, -0.2) is 8.42 Å². The minimum atomic E-state index is -2.97. The van der Waals surface area contributed by atoms with Gasteiger partial charge < -0.3 is 5.73 Å². The van der Waals surface area contributed by atoms with E-state index in [1.807, 2.05) is 0 Å². The maximum absolute atomic E-state index is 11.1. The molecule has 0 unspecified atom stereocenters. The maximum atomic E-state index is 11.1. The van der Waals surface area contributed by atoms with E-state index in [2.05, 4.69) is 4.37 Å². The zero-order chi connectivity index (χ0) is 9.19. The van der Waals surface area contributed by atoms with Crippen LogP contribution < -0.4 is 5.73 Å². The molecule has 0 aliphatic heterocycles. The predicted molar refractivity (Wildman–Crippen MR) is 49.7 cm³/mol. The van der Waals surface area contributed by atoms with Crippen molar-refractivity contribution in [1.82, 2.24) is 4.37 Å². The first-order valence-electron chi connectivity index (χ1n) is 3.44. The van der Waals surface area contributed by atoms with Gasteiger partial charge in [0.1, 0.15) is 0 Å². The lowest BCUT2D eigenvalue weighted by Crippen LogP contribution is -2.06. The third-order valence-corrected chi connectivity index (χ3v) is 4.07. The molecule has 0 aliphatic rings. The Bertz CT molecular complexity index is 355. The SMILES string of the molecule is CCS(=O)(=O)Cc1sncc1N. The van der Waals surface area contributed by atoms with Gasteiger partial charge in [-0.15, -0.1) is 0 Å². The molecule has 0 fully saturated rings. The summed E-state index contributed by atoms with van der Waals surface area (Å²) in [5, 5.41) is 0. The highest BCUT2D eigenvalue weighted by Crippen LogP contribution is 2.18. The summed E-state index contributed by atoms with van der Waals surface area (Å²) in [7, 11) is -2.97. The zero-order valence-electron chi connectivity index (χ0n) is 6.65. The fraction of sp³-hybridized carbons (Fsp3) is 0.500. The molecule has 0 radical (unpaired) electrons. The molecular formula is C6H10N2O2S2. The first-order chi connectivity index (χ1) is 5.55. The molecule has 0 saturated heterocycles. The second-order valence-corrected chi connectivity index (χ2v) is 5.62. The Morgan fingerprint density at radius 1 is 1.67 bits per heavy atom. The Kier molecular flexibility index (Phi) is 2.69. The van der Waals surface area contributed by atoms with Crippen LogP contribution in [0.2, 0.25) is 0 Å². The molecule has 1 aromatic heterocycles. The van der Waals surface area contributed by atoms with Gasteiger partial charge in [0.25, 0.3) is 0 Å². The van der Waals surface area contributed by atoms with Crippen molar-refractivity contribution in [3.63, 3.8) is 0 Å². The van der Waals surface area contributed by atoms with Gasteiger partial charge in [0, 0.05) is 5.75 Å². The molecule has 0 bridgehead atoms. The summed E-state index contributed by atoms with van der Waals surface area (Å²) in [6.45, 7) is 1.62. The van der Waals surface area contributed by atoms with Crippen LogP contribution in [0.1, 0.15) is 11.8 Å². The Morgan fingerprint density at radius 3 is 2.75 bits per heavy atom. The lowest BCUT2D eigenvalue weighted by atomic mass is 10.5. The smallest absolute Gasteiger partial charge is 0.155 e. The van der Waals surface area contributed by atoms with Gasteiger partial charge in [0.2, 0.25) is 0 Å². The molecule has 1 rings (SSSR count). The molecule has 12 heavy (non-hydrogen) atoms. The third-order valence-electron chi connectivity index (χ3n) is 1.47. The lowest BCUT2D eigenvalue weighted by molar-refractivity contribution is 0.597. The quantitative estimate of drug-likeness (QED) is 0.788. The van der Waals surface area contributed by atoms with E-state index in [-0.39, 0.29) is 11.5 Å². The second kappa shape index (κ2) is 3.40. The molecule has 0 aromatic carbocycles. The zero-order valence-corrected chi connectivity index (χ0v) is 8.28. The Labute approximate surface area is 75.5 Å². The highest BCUT2D eigenvalue weighted by atomic mass is 32.2. The van der Waals surface area contributed by atoms with Crippen molar-refractivity contribution in [3.05, 3.63) is 11.1 Å². The van der Waals surface area contributed by atoms with E-state index in [1.54, 1.807) is 6.92 Å². The van der Waals surface area contributed by atoms with Crippen LogP contribution in [0, 0.1) is 0 Å². The number of hydrogen-bond donors (Lipinski definition) is 1. The molecule has 0 saturated carbocycles. The Balaban J connectivity index is 2.84. The van der Waals surface area contributed by atoms with E-state index in [4.69, 9.17) is 5.73 Å². The van der Waals surface area contributed by atoms with Gasteiger partial charge in [0.05, 0.1) is 22.5 Å². The van der Waals surface area contributed by atoms with Gasteiger partial charge in [-0.3, -0.25) is 0 Å². The van der Waals surface area contributed by atoms with Gasteiger partial charge >= 0.3 is 0 Å². The van der Waals surface area contributed by atoms with E-state index < -0.39 is 9.84 Å². The fourth-order valence-corrected chi connectivity index (χ4v) is 2.65. The molecule has 2 N–H and O–H groups in total. The molecule has 1 heterocycles. The van der Waals surface area contributed by atoms with Crippen LogP contribution in [0.15, 0.2) is 6.20 Å². The number of rotatable bonds is 3. The lowest BCUT2D eigenvalue weighted by Gasteiger charge is -1.97. The number of sulfone groups is 1. The molecule has 0 amide bonds. The number of nitrogens with two attached hydrogens (primary N) is 1. The summed E-state index contributed by atoms with van der Waals surface area (Å²) in [6.07, 6.45) is 1.48. The number of hydrogen-bond acceptors (Lipinski definition) is 5. The Morgan fingerprint density at radius 2 is 2.33 bits per heavy atom. The van der Waals surface area contributed by atoms with Crippen LogP contribution in [0.3, 0.4) is 0 Å². The van der Waals surface area contributed by atoms with Crippen LogP contribution >= 0.6 is 11.5 Å². The first kappa shape index (κ1) is 9.47. The van der Waals surface area contributed by atoms with E-state index in [0.717, 1.165) is 11.5 Å². The largest absolute Gasteiger partial charge is 0.396 e.